The maximum atomic E-state index is 14.7. The molecule has 4 aliphatic carbocycles. The highest BCUT2D eigenvalue weighted by Gasteiger charge is 2.58. The third kappa shape index (κ3) is 4.13. The van der Waals surface area contributed by atoms with Crippen molar-refractivity contribution in [2.75, 3.05) is 19.4 Å². The van der Waals surface area contributed by atoms with Gasteiger partial charge in [-0.3, -0.25) is 9.59 Å². The monoisotopic (exact) mass is 488 g/mol. The Labute approximate surface area is 202 Å². The van der Waals surface area contributed by atoms with Crippen LogP contribution in [0.3, 0.4) is 0 Å². The summed E-state index contributed by atoms with van der Waals surface area (Å²) in [5, 5.41) is 6.11. The lowest BCUT2D eigenvalue weighted by Crippen LogP contribution is -2.62. The van der Waals surface area contributed by atoms with Gasteiger partial charge >= 0.3 is 0 Å². The van der Waals surface area contributed by atoms with Crippen LogP contribution >= 0.6 is 0 Å². The average Bonchev–Trinajstić information content (AvgIpc) is 2.69. The second-order valence-corrected chi connectivity index (χ2v) is 10.7. The number of amides is 1. The zero-order valence-corrected chi connectivity index (χ0v) is 20.2. The van der Waals surface area contributed by atoms with Crippen LogP contribution in [0.2, 0.25) is 0 Å². The van der Waals surface area contributed by atoms with Gasteiger partial charge in [0.1, 0.15) is 5.82 Å². The molecular formula is C26H31F3N4O2. The highest BCUT2D eigenvalue weighted by molar-refractivity contribution is 5.99. The first-order valence-corrected chi connectivity index (χ1v) is 12.2. The van der Waals surface area contributed by atoms with Gasteiger partial charge in [0.2, 0.25) is 0 Å². The van der Waals surface area contributed by atoms with Crippen molar-refractivity contribution in [2.24, 2.45) is 5.92 Å². The fourth-order valence-corrected chi connectivity index (χ4v) is 5.70. The summed E-state index contributed by atoms with van der Waals surface area (Å²) >= 11 is 0. The first-order chi connectivity index (χ1) is 16.6. The molecule has 6 nitrogen and oxygen atoms in total. The molecule has 4 aliphatic rings. The summed E-state index contributed by atoms with van der Waals surface area (Å²) in [6, 6.07) is 5.01. The molecule has 4 saturated carbocycles. The lowest BCUT2D eigenvalue weighted by Gasteiger charge is -2.62. The number of benzene rings is 1. The zero-order valence-electron chi connectivity index (χ0n) is 20.2. The standard InChI is InChI=1S/C26H31F3N4O2/c1-14(18-5-4-6-19(23(18)27)24(28)29)30-25(35)20-13-33(26-10-15(11-26)12-26)22(34)9-21(20)31-16-7-17(8-16)32(2)3/h4-6,9,13-17,24,31H,7-8,10-12H2,1-3H3,(H,30,35)/t14-,15?,16?,17?,26?/m1/s1. The number of carbonyl (C=O) groups is 1. The number of nitrogens with zero attached hydrogens (tertiary/aromatic N) is 2. The van der Waals surface area contributed by atoms with Gasteiger partial charge in [-0.25, -0.2) is 13.2 Å². The van der Waals surface area contributed by atoms with Gasteiger partial charge in [0, 0.05) is 35.4 Å². The average molecular weight is 489 g/mol. The lowest BCUT2D eigenvalue weighted by molar-refractivity contribution is -0.0914. The third-order valence-corrected chi connectivity index (χ3v) is 8.13. The fourth-order valence-electron chi connectivity index (χ4n) is 5.70. The minimum absolute atomic E-state index is 0.00813. The Hall–Kier alpha value is -2.81. The van der Waals surface area contributed by atoms with E-state index in [0.717, 1.165) is 38.2 Å². The number of hydrogen-bond donors (Lipinski definition) is 2. The molecule has 0 saturated heterocycles. The minimum Gasteiger partial charge on any atom is -0.381 e. The van der Waals surface area contributed by atoms with Crippen LogP contribution in [-0.2, 0) is 5.54 Å². The van der Waals surface area contributed by atoms with Crippen LogP contribution in [0.5, 0.6) is 0 Å². The number of aromatic nitrogens is 1. The first-order valence-electron chi connectivity index (χ1n) is 12.2. The van der Waals surface area contributed by atoms with Crippen molar-refractivity contribution in [3.05, 3.63) is 63.3 Å². The zero-order chi connectivity index (χ0) is 25.1. The molecule has 4 fully saturated rings. The Morgan fingerprint density at radius 1 is 1.17 bits per heavy atom. The van der Waals surface area contributed by atoms with Crippen LogP contribution in [0.4, 0.5) is 18.9 Å². The molecular weight excluding hydrogens is 457 g/mol. The lowest BCUT2D eigenvalue weighted by atomic mass is 9.49. The van der Waals surface area contributed by atoms with Crippen molar-refractivity contribution in [3.8, 4) is 0 Å². The Morgan fingerprint density at radius 3 is 2.40 bits per heavy atom. The van der Waals surface area contributed by atoms with E-state index >= 15 is 0 Å². The number of anilines is 1. The van der Waals surface area contributed by atoms with Gasteiger partial charge in [0.15, 0.2) is 0 Å². The van der Waals surface area contributed by atoms with Crippen LogP contribution in [0.15, 0.2) is 35.3 Å². The summed E-state index contributed by atoms with van der Waals surface area (Å²) in [6.07, 6.45) is 3.28. The van der Waals surface area contributed by atoms with E-state index in [1.165, 1.54) is 18.2 Å². The number of rotatable bonds is 8. The summed E-state index contributed by atoms with van der Waals surface area (Å²) in [6.45, 7) is 1.56. The van der Waals surface area contributed by atoms with Crippen molar-refractivity contribution in [3.63, 3.8) is 0 Å². The maximum Gasteiger partial charge on any atom is 0.266 e. The second kappa shape index (κ2) is 8.69. The summed E-state index contributed by atoms with van der Waals surface area (Å²) in [5.74, 6) is -0.845. The quantitative estimate of drug-likeness (QED) is 0.577. The molecule has 9 heteroatoms. The molecule has 1 aromatic carbocycles. The van der Waals surface area contributed by atoms with Gasteiger partial charge in [-0.05, 0) is 59.0 Å². The number of halogens is 3. The molecule has 35 heavy (non-hydrogen) atoms. The van der Waals surface area contributed by atoms with E-state index in [0.29, 0.717) is 23.2 Å². The molecule has 6 rings (SSSR count). The summed E-state index contributed by atoms with van der Waals surface area (Å²) in [5.41, 5.74) is -0.291. The number of carbonyl (C=O) groups excluding carboxylic acids is 1. The summed E-state index contributed by atoms with van der Waals surface area (Å²) in [7, 11) is 4.04. The predicted octanol–water partition coefficient (Wildman–Crippen LogP) is 4.43. The van der Waals surface area contributed by atoms with E-state index in [1.807, 2.05) is 14.1 Å². The summed E-state index contributed by atoms with van der Waals surface area (Å²) in [4.78, 5) is 28.5. The van der Waals surface area contributed by atoms with Gasteiger partial charge in [0.05, 0.1) is 22.9 Å². The van der Waals surface area contributed by atoms with Crippen molar-refractivity contribution in [1.29, 1.82) is 0 Å². The Kier molecular flexibility index (Phi) is 5.94. The predicted molar refractivity (Wildman–Crippen MR) is 127 cm³/mol. The largest absolute Gasteiger partial charge is 0.381 e. The van der Waals surface area contributed by atoms with Crippen molar-refractivity contribution >= 4 is 11.6 Å². The molecule has 1 aromatic heterocycles. The van der Waals surface area contributed by atoms with E-state index in [1.54, 1.807) is 17.7 Å². The molecule has 188 valence electrons. The topological polar surface area (TPSA) is 66.4 Å². The van der Waals surface area contributed by atoms with Crippen LogP contribution in [0.25, 0.3) is 0 Å². The van der Waals surface area contributed by atoms with E-state index in [9.17, 15) is 22.8 Å². The molecule has 2 aromatic rings. The highest BCUT2D eigenvalue weighted by Crippen LogP contribution is 2.61. The Balaban J connectivity index is 1.42. The molecule has 1 atom stereocenters. The molecule has 2 N–H and O–H groups in total. The van der Waals surface area contributed by atoms with Gasteiger partial charge in [-0.2, -0.15) is 0 Å². The number of nitrogens with one attached hydrogen (secondary N) is 2. The van der Waals surface area contributed by atoms with Crippen molar-refractivity contribution in [1.82, 2.24) is 14.8 Å². The van der Waals surface area contributed by atoms with Crippen LogP contribution < -0.4 is 16.2 Å². The molecule has 0 radical (unpaired) electrons. The number of hydrogen-bond acceptors (Lipinski definition) is 4. The van der Waals surface area contributed by atoms with Gasteiger partial charge in [-0.15, -0.1) is 0 Å². The van der Waals surface area contributed by atoms with Crippen LogP contribution in [0, 0.1) is 11.7 Å². The van der Waals surface area contributed by atoms with Gasteiger partial charge in [0.25, 0.3) is 17.9 Å². The normalized spacial score (nSPS) is 27.6. The molecule has 0 aliphatic heterocycles. The van der Waals surface area contributed by atoms with Crippen molar-refractivity contribution < 1.29 is 18.0 Å². The molecule has 2 bridgehead atoms. The smallest absolute Gasteiger partial charge is 0.266 e. The molecule has 0 unspecified atom stereocenters. The van der Waals surface area contributed by atoms with E-state index in [2.05, 4.69) is 15.5 Å². The summed E-state index contributed by atoms with van der Waals surface area (Å²) < 4.78 is 42.7. The molecule has 1 heterocycles. The first kappa shape index (κ1) is 23.9. The van der Waals surface area contributed by atoms with Crippen molar-refractivity contribution in [2.45, 2.75) is 69.1 Å². The minimum atomic E-state index is -2.95. The molecule has 1 amide bonds. The van der Waals surface area contributed by atoms with E-state index in [-0.39, 0.29) is 22.7 Å². The second-order valence-electron chi connectivity index (χ2n) is 10.7. The fraction of sp³-hybridized carbons (Fsp3) is 0.538. The third-order valence-electron chi connectivity index (χ3n) is 8.13. The van der Waals surface area contributed by atoms with Gasteiger partial charge in [-0.1, -0.05) is 18.2 Å². The highest BCUT2D eigenvalue weighted by atomic mass is 19.3. The maximum absolute atomic E-state index is 14.7. The van der Waals surface area contributed by atoms with Crippen LogP contribution in [-0.4, -0.2) is 41.6 Å². The van der Waals surface area contributed by atoms with E-state index < -0.39 is 29.8 Å². The number of pyridine rings is 1. The van der Waals surface area contributed by atoms with Gasteiger partial charge < -0.3 is 20.1 Å². The van der Waals surface area contributed by atoms with Crippen LogP contribution in [0.1, 0.15) is 73.0 Å². The Bertz CT molecular complexity index is 1190. The Morgan fingerprint density at radius 2 is 1.83 bits per heavy atom. The van der Waals surface area contributed by atoms with E-state index in [4.69, 9.17) is 0 Å². The number of alkyl halides is 2. The molecule has 0 spiro atoms. The SMILES string of the molecule is C[C@@H](NC(=O)c1cn(C23CC(C2)C3)c(=O)cc1NC1CC(N(C)C)C1)c1cccc(C(F)F)c1F.